The topological polar surface area (TPSA) is 102 Å². The summed E-state index contributed by atoms with van der Waals surface area (Å²) in [4.78, 5) is 17.4. The number of anilines is 1. The molecule has 0 saturated heterocycles. The number of methoxy groups -OCH3 is 1. The fraction of sp³-hybridized carbons (Fsp3) is 0.150. The number of hydrogen-bond donors (Lipinski definition) is 2. The van der Waals surface area contributed by atoms with E-state index in [2.05, 4.69) is 47.3 Å². The fourth-order valence-electron chi connectivity index (χ4n) is 2.54. The van der Waals surface area contributed by atoms with Crippen molar-refractivity contribution in [3.05, 3.63) is 60.2 Å². The van der Waals surface area contributed by atoms with Gasteiger partial charge < -0.3 is 10.1 Å². The highest BCUT2D eigenvalue weighted by Crippen LogP contribution is 2.14. The van der Waals surface area contributed by atoms with Crippen LogP contribution in [0.15, 0.2) is 48.9 Å². The number of aromatic nitrogens is 6. The molecule has 138 valence electrons. The summed E-state index contributed by atoms with van der Waals surface area (Å²) in [6, 6.07) is 9.41. The molecule has 0 atom stereocenters. The highest BCUT2D eigenvalue weighted by atomic mass is 16.5. The highest BCUT2D eigenvalue weighted by molar-refractivity contribution is 5.79. The molecule has 0 spiro atoms. The highest BCUT2D eigenvalue weighted by Gasteiger charge is 2.05. The lowest BCUT2D eigenvalue weighted by Crippen LogP contribution is -2.10. The molecule has 4 rings (SSSR count). The summed E-state index contributed by atoms with van der Waals surface area (Å²) in [5.41, 5.74) is 3.11. The molecule has 0 bridgehead atoms. The van der Waals surface area contributed by atoms with E-state index in [1.165, 1.54) is 0 Å². The molecular formula is C20H17N7O. The molecule has 2 N–H and O–H groups in total. The van der Waals surface area contributed by atoms with Gasteiger partial charge in [-0.3, -0.25) is 5.10 Å². The zero-order chi connectivity index (χ0) is 19.2. The van der Waals surface area contributed by atoms with Gasteiger partial charge in [-0.25, -0.2) is 19.9 Å². The fourth-order valence-corrected chi connectivity index (χ4v) is 2.54. The molecule has 8 nitrogen and oxygen atoms in total. The van der Waals surface area contributed by atoms with Crippen molar-refractivity contribution < 1.29 is 4.74 Å². The molecule has 0 unspecified atom stereocenters. The Morgan fingerprint density at radius 2 is 2.00 bits per heavy atom. The molecule has 8 heteroatoms. The first-order valence-corrected chi connectivity index (χ1v) is 8.66. The van der Waals surface area contributed by atoms with Gasteiger partial charge in [-0.05, 0) is 36.3 Å². The Hall–Kier alpha value is -3.83. The number of rotatable bonds is 5. The van der Waals surface area contributed by atoms with E-state index in [0.717, 1.165) is 16.5 Å². The zero-order valence-electron chi connectivity index (χ0n) is 15.2. The predicted molar refractivity (Wildman–Crippen MR) is 105 cm³/mol. The lowest BCUT2D eigenvalue weighted by Gasteiger charge is -2.05. The van der Waals surface area contributed by atoms with Gasteiger partial charge in [0.2, 0.25) is 5.95 Å². The monoisotopic (exact) mass is 371 g/mol. The van der Waals surface area contributed by atoms with E-state index in [1.54, 1.807) is 37.8 Å². The van der Waals surface area contributed by atoms with E-state index < -0.39 is 0 Å². The third-order valence-corrected chi connectivity index (χ3v) is 3.90. The Morgan fingerprint density at radius 3 is 2.93 bits per heavy atom. The Morgan fingerprint density at radius 1 is 1.07 bits per heavy atom. The second-order valence-electron chi connectivity index (χ2n) is 5.87. The molecule has 3 aromatic heterocycles. The van der Waals surface area contributed by atoms with Crippen LogP contribution >= 0.6 is 0 Å². The van der Waals surface area contributed by atoms with Crippen molar-refractivity contribution in [2.75, 3.05) is 25.6 Å². The molecule has 0 saturated carbocycles. The number of benzene rings is 1. The Labute approximate surface area is 161 Å². The standard InChI is InChI=1S/C20H17N7O/c1-28-11-10-23-20-22-9-7-18(26-20)19-21-8-6-16(25-19)4-2-14-3-5-17-15(12-14)13-24-27-17/h3,5-9,12-13H,10-11H2,1H3,(H,24,27)(H,22,23,26). The number of nitrogens with zero attached hydrogens (tertiary/aromatic N) is 5. The van der Waals surface area contributed by atoms with E-state index in [-0.39, 0.29) is 0 Å². The van der Waals surface area contributed by atoms with Crippen LogP contribution in [0.25, 0.3) is 22.4 Å². The average molecular weight is 371 g/mol. The normalized spacial score (nSPS) is 10.5. The van der Waals surface area contributed by atoms with Crippen molar-refractivity contribution in [1.29, 1.82) is 0 Å². The predicted octanol–water partition coefficient (Wildman–Crippen LogP) is 2.27. The summed E-state index contributed by atoms with van der Waals surface area (Å²) in [5, 5.41) is 11.1. The minimum Gasteiger partial charge on any atom is -0.383 e. The first kappa shape index (κ1) is 17.6. The third-order valence-electron chi connectivity index (χ3n) is 3.90. The van der Waals surface area contributed by atoms with E-state index in [1.807, 2.05) is 18.2 Å². The molecule has 0 aliphatic rings. The molecular weight excluding hydrogens is 354 g/mol. The summed E-state index contributed by atoms with van der Waals surface area (Å²) in [6.07, 6.45) is 5.11. The van der Waals surface area contributed by atoms with Gasteiger partial charge in [0.1, 0.15) is 11.4 Å². The molecule has 0 radical (unpaired) electrons. The van der Waals surface area contributed by atoms with Crippen LogP contribution in [0, 0.1) is 11.8 Å². The van der Waals surface area contributed by atoms with Crippen LogP contribution in [0.2, 0.25) is 0 Å². The number of ether oxygens (including phenoxy) is 1. The van der Waals surface area contributed by atoms with Crippen LogP contribution < -0.4 is 5.32 Å². The van der Waals surface area contributed by atoms with Gasteiger partial charge in [-0.15, -0.1) is 0 Å². The van der Waals surface area contributed by atoms with Gasteiger partial charge in [-0.1, -0.05) is 5.92 Å². The minimum absolute atomic E-state index is 0.495. The van der Waals surface area contributed by atoms with Gasteiger partial charge in [0, 0.05) is 37.0 Å². The molecule has 0 aliphatic heterocycles. The lowest BCUT2D eigenvalue weighted by atomic mass is 10.1. The second kappa shape index (κ2) is 8.24. The van der Waals surface area contributed by atoms with Crippen LogP contribution in [-0.2, 0) is 4.74 Å². The van der Waals surface area contributed by atoms with E-state index in [0.29, 0.717) is 36.3 Å². The molecule has 0 aliphatic carbocycles. The molecule has 4 aromatic rings. The Balaban J connectivity index is 1.56. The molecule has 28 heavy (non-hydrogen) atoms. The number of hydrogen-bond acceptors (Lipinski definition) is 7. The second-order valence-corrected chi connectivity index (χ2v) is 5.87. The van der Waals surface area contributed by atoms with Gasteiger partial charge >= 0.3 is 0 Å². The molecule has 3 heterocycles. The summed E-state index contributed by atoms with van der Waals surface area (Å²) in [7, 11) is 1.65. The summed E-state index contributed by atoms with van der Waals surface area (Å²) in [5.74, 6) is 7.20. The average Bonchev–Trinajstić information content (AvgIpc) is 3.21. The maximum atomic E-state index is 5.01. The first-order valence-electron chi connectivity index (χ1n) is 8.66. The third kappa shape index (κ3) is 4.11. The Bertz CT molecular complexity index is 1160. The number of H-pyrrole nitrogens is 1. The van der Waals surface area contributed by atoms with Crippen molar-refractivity contribution in [3.8, 4) is 23.4 Å². The van der Waals surface area contributed by atoms with Crippen molar-refractivity contribution in [2.24, 2.45) is 0 Å². The quantitative estimate of drug-likeness (QED) is 0.410. The van der Waals surface area contributed by atoms with Gasteiger partial charge in [-0.2, -0.15) is 5.10 Å². The molecule has 0 amide bonds. The molecule has 0 fully saturated rings. The van der Waals surface area contributed by atoms with E-state index in [9.17, 15) is 0 Å². The maximum Gasteiger partial charge on any atom is 0.223 e. The summed E-state index contributed by atoms with van der Waals surface area (Å²) in [6.45, 7) is 1.19. The number of aromatic amines is 1. The number of fused-ring (bicyclic) bond motifs is 1. The lowest BCUT2D eigenvalue weighted by molar-refractivity contribution is 0.210. The van der Waals surface area contributed by atoms with Gasteiger partial charge in [0.25, 0.3) is 0 Å². The Kier molecular flexibility index (Phi) is 5.17. The van der Waals surface area contributed by atoms with Crippen molar-refractivity contribution in [2.45, 2.75) is 0 Å². The zero-order valence-corrected chi connectivity index (χ0v) is 15.2. The van der Waals surface area contributed by atoms with Crippen LogP contribution in [0.5, 0.6) is 0 Å². The summed E-state index contributed by atoms with van der Waals surface area (Å²) < 4.78 is 5.01. The largest absolute Gasteiger partial charge is 0.383 e. The minimum atomic E-state index is 0.495. The van der Waals surface area contributed by atoms with Crippen LogP contribution in [-0.4, -0.2) is 50.4 Å². The van der Waals surface area contributed by atoms with E-state index >= 15 is 0 Å². The number of nitrogens with one attached hydrogen (secondary N) is 2. The van der Waals surface area contributed by atoms with Crippen molar-refractivity contribution in [3.63, 3.8) is 0 Å². The smallest absolute Gasteiger partial charge is 0.223 e. The molecule has 1 aromatic carbocycles. The first-order chi connectivity index (χ1) is 13.8. The van der Waals surface area contributed by atoms with Gasteiger partial charge in [0.05, 0.1) is 18.3 Å². The van der Waals surface area contributed by atoms with E-state index in [4.69, 9.17) is 4.74 Å². The van der Waals surface area contributed by atoms with Crippen LogP contribution in [0.3, 0.4) is 0 Å². The van der Waals surface area contributed by atoms with Crippen LogP contribution in [0.4, 0.5) is 5.95 Å². The van der Waals surface area contributed by atoms with Crippen LogP contribution in [0.1, 0.15) is 11.3 Å². The summed E-state index contributed by atoms with van der Waals surface area (Å²) >= 11 is 0. The van der Waals surface area contributed by atoms with Crippen molar-refractivity contribution in [1.82, 2.24) is 30.1 Å². The maximum absolute atomic E-state index is 5.01. The van der Waals surface area contributed by atoms with Gasteiger partial charge in [0.15, 0.2) is 5.82 Å². The SMILES string of the molecule is COCCNc1nccc(-c2nccc(C#Cc3ccc4[nH]ncc4c3)n2)n1. The van der Waals surface area contributed by atoms with Crippen molar-refractivity contribution >= 4 is 16.9 Å².